The third kappa shape index (κ3) is 7.97. The van der Waals surface area contributed by atoms with Crippen LogP contribution in [0.2, 0.25) is 0 Å². The molecule has 0 fully saturated rings. The monoisotopic (exact) mass is 404 g/mol. The van der Waals surface area contributed by atoms with Gasteiger partial charge in [-0.25, -0.2) is 4.79 Å². The SMILES string of the molecule is N[C@H]1COCCCCC=CC=CCCCCOc2ccnc(c2)C[C@]1(O)C(=O)O. The number of hydrogen-bond acceptors (Lipinski definition) is 6. The van der Waals surface area contributed by atoms with Gasteiger partial charge in [0.1, 0.15) is 5.75 Å². The van der Waals surface area contributed by atoms with E-state index in [-0.39, 0.29) is 13.0 Å². The van der Waals surface area contributed by atoms with Crippen molar-refractivity contribution in [1.29, 1.82) is 0 Å². The van der Waals surface area contributed by atoms with Crippen LogP contribution in [0.1, 0.15) is 44.2 Å². The molecule has 7 nitrogen and oxygen atoms in total. The van der Waals surface area contributed by atoms with Gasteiger partial charge in [0.25, 0.3) is 0 Å². The molecule has 4 N–H and O–H groups in total. The van der Waals surface area contributed by atoms with Gasteiger partial charge in [-0.3, -0.25) is 4.98 Å². The number of ether oxygens (including phenoxy) is 2. The first-order valence-electron chi connectivity index (χ1n) is 10.2. The van der Waals surface area contributed by atoms with Crippen LogP contribution >= 0.6 is 0 Å². The Kier molecular flexibility index (Phi) is 9.83. The van der Waals surface area contributed by atoms with Crippen LogP contribution in [-0.2, 0) is 16.0 Å². The van der Waals surface area contributed by atoms with Crippen molar-refractivity contribution in [2.45, 2.75) is 56.6 Å². The third-order valence-corrected chi connectivity index (χ3v) is 4.85. The van der Waals surface area contributed by atoms with E-state index in [9.17, 15) is 15.0 Å². The number of aliphatic carboxylic acids is 1. The number of rotatable bonds is 1. The lowest BCUT2D eigenvalue weighted by atomic mass is 9.89. The highest BCUT2D eigenvalue weighted by molar-refractivity contribution is 5.78. The summed E-state index contributed by atoms with van der Waals surface area (Å²) in [6, 6.07) is 2.28. The Morgan fingerprint density at radius 1 is 1.14 bits per heavy atom. The van der Waals surface area contributed by atoms with Crippen LogP contribution in [0, 0.1) is 0 Å². The number of pyridine rings is 1. The first-order valence-corrected chi connectivity index (χ1v) is 10.2. The molecule has 1 aliphatic rings. The van der Waals surface area contributed by atoms with E-state index in [0.29, 0.717) is 24.7 Å². The lowest BCUT2D eigenvalue weighted by Crippen LogP contribution is -2.57. The van der Waals surface area contributed by atoms with Gasteiger partial charge in [0.05, 0.1) is 19.3 Å². The normalized spacial score (nSPS) is 25.5. The molecule has 2 bridgehead atoms. The maximum absolute atomic E-state index is 11.8. The van der Waals surface area contributed by atoms with Crippen LogP contribution in [-0.4, -0.2) is 52.6 Å². The van der Waals surface area contributed by atoms with E-state index < -0.39 is 17.6 Å². The maximum atomic E-state index is 11.8. The zero-order valence-corrected chi connectivity index (χ0v) is 16.8. The molecule has 1 aromatic rings. The van der Waals surface area contributed by atoms with Gasteiger partial charge in [-0.1, -0.05) is 24.3 Å². The fraction of sp³-hybridized carbons (Fsp3) is 0.545. The summed E-state index contributed by atoms with van der Waals surface area (Å²) in [5, 5.41) is 20.3. The topological polar surface area (TPSA) is 115 Å². The highest BCUT2D eigenvalue weighted by Crippen LogP contribution is 2.20. The number of aliphatic hydroxyl groups is 1. The summed E-state index contributed by atoms with van der Waals surface area (Å²) in [5.74, 6) is -0.797. The maximum Gasteiger partial charge on any atom is 0.337 e. The molecular weight excluding hydrogens is 372 g/mol. The van der Waals surface area contributed by atoms with Crippen molar-refractivity contribution >= 4 is 5.97 Å². The van der Waals surface area contributed by atoms with Crippen LogP contribution in [0.3, 0.4) is 0 Å². The van der Waals surface area contributed by atoms with E-state index in [1.54, 1.807) is 18.3 Å². The number of nitrogens with zero attached hydrogens (tertiary/aromatic N) is 1. The van der Waals surface area contributed by atoms with Crippen LogP contribution in [0.5, 0.6) is 5.75 Å². The Morgan fingerprint density at radius 3 is 2.52 bits per heavy atom. The van der Waals surface area contributed by atoms with Crippen molar-refractivity contribution in [2.24, 2.45) is 5.73 Å². The molecule has 2 rings (SSSR count). The first-order chi connectivity index (χ1) is 14.0. The van der Waals surface area contributed by atoms with Gasteiger partial charge in [0, 0.05) is 31.0 Å². The quantitative estimate of drug-likeness (QED) is 0.659. The van der Waals surface area contributed by atoms with E-state index in [1.165, 1.54) is 0 Å². The number of hydrogen-bond donors (Lipinski definition) is 3. The Bertz CT molecular complexity index is 692. The van der Waals surface area contributed by atoms with Crippen LogP contribution in [0.4, 0.5) is 0 Å². The summed E-state index contributed by atoms with van der Waals surface area (Å²) in [5.41, 5.74) is 4.23. The van der Waals surface area contributed by atoms with Crippen molar-refractivity contribution in [3.63, 3.8) is 0 Å². The third-order valence-electron chi connectivity index (χ3n) is 4.85. The lowest BCUT2D eigenvalue weighted by molar-refractivity contribution is -0.162. The minimum absolute atomic E-state index is 0.0441. The zero-order chi connectivity index (χ0) is 21.0. The number of nitrogens with two attached hydrogens (primary N) is 1. The van der Waals surface area contributed by atoms with E-state index in [2.05, 4.69) is 29.3 Å². The van der Waals surface area contributed by atoms with E-state index in [4.69, 9.17) is 15.2 Å². The van der Waals surface area contributed by atoms with Gasteiger partial charge in [-0.05, 0) is 44.6 Å². The predicted octanol–water partition coefficient (Wildman–Crippen LogP) is 2.63. The second kappa shape index (κ2) is 12.4. The highest BCUT2D eigenvalue weighted by atomic mass is 16.5. The van der Waals surface area contributed by atoms with E-state index >= 15 is 0 Å². The summed E-state index contributed by atoms with van der Waals surface area (Å²) in [6.07, 6.45) is 15.4. The standard InChI is InChI=1S/C22H32N2O5/c23-20-17-28-13-9-7-5-3-1-2-4-6-8-10-14-29-19-11-12-24-18(15-19)16-22(20,27)21(25)26/h1-4,11-12,15,20,27H,5-10,13-14,16-17,23H2,(H,25,26)/t20-,22+/m0/s1. The molecule has 0 spiro atoms. The summed E-state index contributed by atoms with van der Waals surface area (Å²) >= 11 is 0. The summed E-state index contributed by atoms with van der Waals surface area (Å²) in [6.45, 7) is 0.982. The molecule has 0 radical (unpaired) electrons. The number of fused-ring (bicyclic) bond motifs is 2. The van der Waals surface area contributed by atoms with Gasteiger partial charge in [-0.15, -0.1) is 0 Å². The molecule has 0 saturated carbocycles. The van der Waals surface area contributed by atoms with Gasteiger partial charge >= 0.3 is 5.97 Å². The molecule has 0 aromatic carbocycles. The Morgan fingerprint density at radius 2 is 1.83 bits per heavy atom. The van der Waals surface area contributed by atoms with Crippen LogP contribution in [0.25, 0.3) is 0 Å². The van der Waals surface area contributed by atoms with Crippen molar-refractivity contribution in [2.75, 3.05) is 19.8 Å². The smallest absolute Gasteiger partial charge is 0.337 e. The largest absolute Gasteiger partial charge is 0.493 e. The van der Waals surface area contributed by atoms with Crippen LogP contribution in [0.15, 0.2) is 42.6 Å². The van der Waals surface area contributed by atoms with Crippen LogP contribution < -0.4 is 10.5 Å². The molecule has 2 heterocycles. The first kappa shape index (κ1) is 23.1. The van der Waals surface area contributed by atoms with Crippen molar-refractivity contribution in [3.05, 3.63) is 48.3 Å². The molecule has 0 aliphatic carbocycles. The second-order valence-electron chi connectivity index (χ2n) is 7.27. The minimum atomic E-state index is -2.17. The molecule has 1 aromatic heterocycles. The molecular formula is C22H32N2O5. The average molecular weight is 405 g/mol. The molecule has 7 heteroatoms. The average Bonchev–Trinajstić information content (AvgIpc) is 2.70. The molecule has 0 saturated heterocycles. The molecule has 2 atom stereocenters. The van der Waals surface area contributed by atoms with Gasteiger partial charge < -0.3 is 25.4 Å². The van der Waals surface area contributed by atoms with Gasteiger partial charge in [0.15, 0.2) is 5.60 Å². The fourth-order valence-corrected chi connectivity index (χ4v) is 3.00. The second-order valence-corrected chi connectivity index (χ2v) is 7.27. The van der Waals surface area contributed by atoms with E-state index in [0.717, 1.165) is 38.5 Å². The Hall–Kier alpha value is -2.22. The minimum Gasteiger partial charge on any atom is -0.493 e. The molecule has 29 heavy (non-hydrogen) atoms. The van der Waals surface area contributed by atoms with Crippen molar-refractivity contribution in [3.8, 4) is 5.75 Å². The molecule has 160 valence electrons. The molecule has 0 amide bonds. The fourth-order valence-electron chi connectivity index (χ4n) is 3.00. The summed E-state index contributed by atoms with van der Waals surface area (Å²) < 4.78 is 11.3. The molecule has 0 unspecified atom stereocenters. The number of aromatic nitrogens is 1. The predicted molar refractivity (Wildman–Crippen MR) is 111 cm³/mol. The Balaban J connectivity index is 2.08. The zero-order valence-electron chi connectivity index (χ0n) is 16.8. The Labute approximate surface area is 172 Å². The number of carbonyl (C=O) groups is 1. The lowest BCUT2D eigenvalue weighted by Gasteiger charge is -2.29. The van der Waals surface area contributed by atoms with E-state index in [1.807, 2.05) is 0 Å². The summed E-state index contributed by atoms with van der Waals surface area (Å²) in [4.78, 5) is 15.9. The number of carboxylic acid groups (broad SMARTS) is 1. The van der Waals surface area contributed by atoms with Gasteiger partial charge in [0.2, 0.25) is 0 Å². The van der Waals surface area contributed by atoms with Crippen molar-refractivity contribution in [1.82, 2.24) is 4.98 Å². The highest BCUT2D eigenvalue weighted by Gasteiger charge is 2.43. The number of allylic oxidation sites excluding steroid dienone is 4. The molecule has 1 aliphatic heterocycles. The van der Waals surface area contributed by atoms with Crippen molar-refractivity contribution < 1.29 is 24.5 Å². The number of carboxylic acids is 1. The van der Waals surface area contributed by atoms with Gasteiger partial charge in [-0.2, -0.15) is 0 Å². The summed E-state index contributed by atoms with van der Waals surface area (Å²) in [7, 11) is 0.